The number of rotatable bonds is 3. The van der Waals surface area contributed by atoms with Gasteiger partial charge in [-0.1, -0.05) is 127 Å². The van der Waals surface area contributed by atoms with Gasteiger partial charge in [-0.15, -0.1) is 0 Å². The first kappa shape index (κ1) is 27.2. The van der Waals surface area contributed by atoms with Crippen molar-refractivity contribution in [2.24, 2.45) is 0 Å². The molecule has 0 spiro atoms. The van der Waals surface area contributed by atoms with Gasteiger partial charge >= 0.3 is 0 Å². The van der Waals surface area contributed by atoms with E-state index in [1.165, 1.54) is 48.6 Å². The molecule has 0 aliphatic carbocycles. The Labute approximate surface area is 287 Å². The van der Waals surface area contributed by atoms with Gasteiger partial charge in [0.15, 0.2) is 0 Å². The van der Waals surface area contributed by atoms with Crippen molar-refractivity contribution in [3.05, 3.63) is 170 Å². The van der Waals surface area contributed by atoms with Crippen molar-refractivity contribution in [1.82, 2.24) is 19.1 Å². The second-order valence-corrected chi connectivity index (χ2v) is 13.0. The largest absolute Gasteiger partial charge is 0.309 e. The lowest BCUT2D eigenvalue weighted by Gasteiger charge is -2.13. The molecule has 4 nitrogen and oxygen atoms in total. The molecule has 4 heteroatoms. The fourth-order valence-electron chi connectivity index (χ4n) is 8.02. The molecule has 0 N–H and O–H groups in total. The molecule has 0 atom stereocenters. The molecule has 0 aliphatic rings. The van der Waals surface area contributed by atoms with Crippen molar-refractivity contribution in [2.75, 3.05) is 0 Å². The van der Waals surface area contributed by atoms with Crippen LogP contribution < -0.4 is 0 Å². The maximum Gasteiger partial charge on any atom is 0.235 e. The van der Waals surface area contributed by atoms with Crippen LogP contribution in [0.1, 0.15) is 0 Å². The lowest BCUT2D eigenvalue weighted by Crippen LogP contribution is -2.04. The Bertz CT molecular complexity index is 3150. The van der Waals surface area contributed by atoms with Crippen molar-refractivity contribution >= 4 is 76.1 Å². The van der Waals surface area contributed by atoms with Gasteiger partial charge in [0.25, 0.3) is 0 Å². The summed E-state index contributed by atoms with van der Waals surface area (Å²) in [6.07, 6.45) is 0. The van der Waals surface area contributed by atoms with E-state index in [1.807, 2.05) is 0 Å². The van der Waals surface area contributed by atoms with Crippen LogP contribution in [0.2, 0.25) is 0 Å². The molecule has 8 aromatic carbocycles. The zero-order valence-corrected chi connectivity index (χ0v) is 27.0. The van der Waals surface area contributed by atoms with Crippen LogP contribution in [0.5, 0.6) is 0 Å². The number of aromatic nitrogens is 4. The number of fused-ring (bicyclic) bond motifs is 10. The Morgan fingerprint density at radius 3 is 1.90 bits per heavy atom. The van der Waals surface area contributed by atoms with E-state index >= 15 is 0 Å². The minimum absolute atomic E-state index is 0.657. The van der Waals surface area contributed by atoms with Crippen LogP contribution in [-0.4, -0.2) is 19.1 Å². The smallest absolute Gasteiger partial charge is 0.235 e. The van der Waals surface area contributed by atoms with Crippen molar-refractivity contribution < 1.29 is 0 Å². The zero-order chi connectivity index (χ0) is 32.8. The fourth-order valence-corrected chi connectivity index (χ4v) is 8.02. The second-order valence-electron chi connectivity index (χ2n) is 13.0. The van der Waals surface area contributed by atoms with Gasteiger partial charge in [-0.2, -0.15) is 0 Å². The van der Waals surface area contributed by atoms with E-state index in [0.29, 0.717) is 5.95 Å². The Morgan fingerprint density at radius 2 is 1.02 bits per heavy atom. The Balaban J connectivity index is 1.31. The highest BCUT2D eigenvalue weighted by Gasteiger charge is 2.22. The van der Waals surface area contributed by atoms with Gasteiger partial charge in [0.05, 0.1) is 33.3 Å². The molecule has 3 heterocycles. The van der Waals surface area contributed by atoms with Crippen molar-refractivity contribution in [3.63, 3.8) is 0 Å². The van der Waals surface area contributed by atoms with Gasteiger partial charge in [0, 0.05) is 43.6 Å². The standard InChI is InChI=1S/C46H28N4/c1-2-15-33(16-3-1)49-41-21-11-9-18-35(41)38-27-39-36-25-24-30-13-6-7-17-34(30)45(36)50(43(39)28-42(38)49)46-47-40-20-10-8-19-37(40)44(48-46)32-23-22-29-12-4-5-14-31(29)26-32/h1-28H. The van der Waals surface area contributed by atoms with Gasteiger partial charge < -0.3 is 4.57 Å². The zero-order valence-electron chi connectivity index (χ0n) is 27.0. The molecule has 0 aliphatic heterocycles. The summed E-state index contributed by atoms with van der Waals surface area (Å²) in [4.78, 5) is 10.8. The van der Waals surface area contributed by atoms with Crippen molar-refractivity contribution in [3.8, 4) is 22.9 Å². The van der Waals surface area contributed by atoms with Crippen LogP contribution in [-0.2, 0) is 0 Å². The van der Waals surface area contributed by atoms with Crippen molar-refractivity contribution in [2.45, 2.75) is 0 Å². The van der Waals surface area contributed by atoms with Gasteiger partial charge in [-0.25, -0.2) is 9.97 Å². The Kier molecular flexibility index (Phi) is 5.63. The monoisotopic (exact) mass is 636 g/mol. The third kappa shape index (κ3) is 3.87. The normalized spacial score (nSPS) is 12.0. The molecule has 50 heavy (non-hydrogen) atoms. The van der Waals surface area contributed by atoms with Gasteiger partial charge in [0.1, 0.15) is 0 Å². The number of hydrogen-bond acceptors (Lipinski definition) is 2. The predicted molar refractivity (Wildman–Crippen MR) is 209 cm³/mol. The lowest BCUT2D eigenvalue weighted by molar-refractivity contribution is 1.02. The van der Waals surface area contributed by atoms with Crippen LogP contribution in [0.3, 0.4) is 0 Å². The third-order valence-electron chi connectivity index (χ3n) is 10.3. The van der Waals surface area contributed by atoms with Crippen molar-refractivity contribution in [1.29, 1.82) is 0 Å². The molecule has 3 aromatic heterocycles. The van der Waals surface area contributed by atoms with E-state index in [2.05, 4.69) is 179 Å². The first-order chi connectivity index (χ1) is 24.8. The quantitative estimate of drug-likeness (QED) is 0.193. The minimum atomic E-state index is 0.657. The summed E-state index contributed by atoms with van der Waals surface area (Å²) in [5.41, 5.74) is 8.55. The number of hydrogen-bond donors (Lipinski definition) is 0. The van der Waals surface area contributed by atoms with E-state index in [4.69, 9.17) is 9.97 Å². The second kappa shape index (κ2) is 10.4. The fraction of sp³-hybridized carbons (Fsp3) is 0. The van der Waals surface area contributed by atoms with E-state index in [9.17, 15) is 0 Å². The molecule has 11 aromatic rings. The number of benzene rings is 8. The predicted octanol–water partition coefficient (Wildman–Crippen LogP) is 11.8. The van der Waals surface area contributed by atoms with E-state index in [1.54, 1.807) is 0 Å². The molecule has 0 radical (unpaired) electrons. The van der Waals surface area contributed by atoms with E-state index in [0.717, 1.165) is 44.4 Å². The maximum absolute atomic E-state index is 5.48. The first-order valence-corrected chi connectivity index (χ1v) is 17.0. The molecule has 0 saturated heterocycles. The van der Waals surface area contributed by atoms with Gasteiger partial charge in [-0.3, -0.25) is 4.57 Å². The number of nitrogens with zero attached hydrogens (tertiary/aromatic N) is 4. The summed E-state index contributed by atoms with van der Waals surface area (Å²) in [5.74, 6) is 0.657. The van der Waals surface area contributed by atoms with Crippen LogP contribution >= 0.6 is 0 Å². The molecule has 0 fully saturated rings. The topological polar surface area (TPSA) is 35.6 Å². The molecular weight excluding hydrogens is 609 g/mol. The SMILES string of the molecule is c1ccc(-n2c3ccccc3c3cc4c5ccc6ccccc6c5n(-c5nc(-c6ccc7ccccc7c6)c6ccccc6n5)c4cc32)cc1. The Morgan fingerprint density at radius 1 is 0.360 bits per heavy atom. The van der Waals surface area contributed by atoms with Gasteiger partial charge in [-0.05, 0) is 58.6 Å². The summed E-state index contributed by atoms with van der Waals surface area (Å²) in [7, 11) is 0. The lowest BCUT2D eigenvalue weighted by atomic mass is 10.0. The van der Waals surface area contributed by atoms with E-state index in [-0.39, 0.29) is 0 Å². The number of para-hydroxylation sites is 3. The molecule has 0 amide bonds. The highest BCUT2D eigenvalue weighted by atomic mass is 15.2. The summed E-state index contributed by atoms with van der Waals surface area (Å²) in [6.45, 7) is 0. The molecular formula is C46H28N4. The highest BCUT2D eigenvalue weighted by molar-refractivity contribution is 6.23. The Hall–Kier alpha value is -6.78. The van der Waals surface area contributed by atoms with Crippen LogP contribution in [0, 0.1) is 0 Å². The molecule has 0 bridgehead atoms. The summed E-state index contributed by atoms with van der Waals surface area (Å²) >= 11 is 0. The minimum Gasteiger partial charge on any atom is -0.309 e. The first-order valence-electron chi connectivity index (χ1n) is 17.0. The summed E-state index contributed by atoms with van der Waals surface area (Å²) in [5, 5.41) is 10.6. The molecule has 11 rings (SSSR count). The van der Waals surface area contributed by atoms with Crippen LogP contribution in [0.15, 0.2) is 170 Å². The molecule has 0 saturated carbocycles. The summed E-state index contributed by atoms with van der Waals surface area (Å²) in [6, 6.07) is 60.7. The highest BCUT2D eigenvalue weighted by Crippen LogP contribution is 2.42. The van der Waals surface area contributed by atoms with Crippen LogP contribution in [0.4, 0.5) is 0 Å². The maximum atomic E-state index is 5.48. The average Bonchev–Trinajstić information content (AvgIpc) is 3.69. The summed E-state index contributed by atoms with van der Waals surface area (Å²) < 4.78 is 4.68. The van der Waals surface area contributed by atoms with E-state index < -0.39 is 0 Å². The van der Waals surface area contributed by atoms with Gasteiger partial charge in [0.2, 0.25) is 5.95 Å². The third-order valence-corrected chi connectivity index (χ3v) is 10.3. The molecule has 0 unspecified atom stereocenters. The average molecular weight is 637 g/mol. The molecule has 232 valence electrons. The van der Waals surface area contributed by atoms with Crippen LogP contribution in [0.25, 0.3) is 99.0 Å².